The van der Waals surface area contributed by atoms with Gasteiger partial charge in [0.15, 0.2) is 0 Å². The summed E-state index contributed by atoms with van der Waals surface area (Å²) in [6.45, 7) is 1.77. The van der Waals surface area contributed by atoms with Crippen LogP contribution in [-0.4, -0.2) is 23.9 Å². The van der Waals surface area contributed by atoms with Crippen LogP contribution in [-0.2, 0) is 0 Å². The molecule has 1 amide bonds. The van der Waals surface area contributed by atoms with Crippen molar-refractivity contribution >= 4 is 23.2 Å². The van der Waals surface area contributed by atoms with Crippen molar-refractivity contribution in [3.05, 3.63) is 76.3 Å². The van der Waals surface area contributed by atoms with E-state index in [9.17, 15) is 4.79 Å². The lowest BCUT2D eigenvalue weighted by molar-refractivity contribution is 0.0792. The van der Waals surface area contributed by atoms with Gasteiger partial charge < -0.3 is 10.2 Å². The summed E-state index contributed by atoms with van der Waals surface area (Å²) in [7, 11) is 0. The van der Waals surface area contributed by atoms with Crippen LogP contribution in [0.2, 0.25) is 5.02 Å². The van der Waals surface area contributed by atoms with E-state index < -0.39 is 0 Å². The first-order valence-corrected chi connectivity index (χ1v) is 10.2. The number of amides is 1. The number of halogens is 1. The van der Waals surface area contributed by atoms with Crippen molar-refractivity contribution in [2.75, 3.05) is 18.4 Å². The second-order valence-electron chi connectivity index (χ2n) is 7.80. The Balaban J connectivity index is 1.51. The third-order valence-electron chi connectivity index (χ3n) is 6.24. The molecule has 2 aromatic carbocycles. The topological polar surface area (TPSA) is 32.3 Å². The van der Waals surface area contributed by atoms with Gasteiger partial charge in [-0.1, -0.05) is 42.0 Å². The van der Waals surface area contributed by atoms with Crippen LogP contribution in [0.1, 0.15) is 52.7 Å². The van der Waals surface area contributed by atoms with E-state index in [1.807, 2.05) is 29.2 Å². The van der Waals surface area contributed by atoms with E-state index in [1.54, 1.807) is 0 Å². The molecule has 0 spiro atoms. The second-order valence-corrected chi connectivity index (χ2v) is 8.21. The largest absolute Gasteiger partial charge is 0.378 e. The van der Waals surface area contributed by atoms with Crippen molar-refractivity contribution in [3.8, 4) is 0 Å². The molecule has 0 aromatic heterocycles. The summed E-state index contributed by atoms with van der Waals surface area (Å²) in [6.07, 6.45) is 7.83. The van der Waals surface area contributed by atoms with Crippen LogP contribution < -0.4 is 5.32 Å². The van der Waals surface area contributed by atoms with E-state index >= 15 is 0 Å². The lowest BCUT2D eigenvalue weighted by Gasteiger charge is -2.38. The first kappa shape index (κ1) is 16.9. The Labute approximate surface area is 165 Å². The molecule has 1 fully saturated rings. The Hall–Kier alpha value is -2.26. The van der Waals surface area contributed by atoms with Gasteiger partial charge in [-0.25, -0.2) is 0 Å². The van der Waals surface area contributed by atoms with Crippen LogP contribution in [0.5, 0.6) is 0 Å². The standard InChI is InChI=1S/C23H23ClN2O/c24-20-9-2-1-6-18(20)22-17-8-5-7-16(17)19-14-15(10-11-21(19)25-22)23(27)26-12-3-4-13-26/h1-2,5-7,9-11,14,16-17,22,25H,3-4,8,12-13H2. The number of hydrogen-bond donors (Lipinski definition) is 1. The predicted molar refractivity (Wildman–Crippen MR) is 109 cm³/mol. The molecule has 3 nitrogen and oxygen atoms in total. The third-order valence-corrected chi connectivity index (χ3v) is 6.59. The summed E-state index contributed by atoms with van der Waals surface area (Å²) in [5, 5.41) is 4.52. The maximum absolute atomic E-state index is 12.8. The molecule has 4 heteroatoms. The molecule has 0 radical (unpaired) electrons. The van der Waals surface area contributed by atoms with E-state index in [-0.39, 0.29) is 11.9 Å². The normalized spacial score (nSPS) is 25.8. The Kier molecular flexibility index (Phi) is 4.20. The molecule has 1 saturated heterocycles. The average Bonchev–Trinajstić information content (AvgIpc) is 3.39. The van der Waals surface area contributed by atoms with Crippen LogP contribution in [0.25, 0.3) is 0 Å². The quantitative estimate of drug-likeness (QED) is 0.709. The van der Waals surface area contributed by atoms with Crippen molar-refractivity contribution in [2.24, 2.45) is 5.92 Å². The highest BCUT2D eigenvalue weighted by molar-refractivity contribution is 6.31. The number of benzene rings is 2. The van der Waals surface area contributed by atoms with Gasteiger partial charge in [-0.05, 0) is 60.6 Å². The van der Waals surface area contributed by atoms with Crippen molar-refractivity contribution in [2.45, 2.75) is 31.2 Å². The number of rotatable bonds is 2. The van der Waals surface area contributed by atoms with Gasteiger partial charge in [0, 0.05) is 35.3 Å². The van der Waals surface area contributed by atoms with E-state index in [0.717, 1.165) is 54.2 Å². The van der Waals surface area contributed by atoms with E-state index in [1.165, 1.54) is 5.56 Å². The van der Waals surface area contributed by atoms with Crippen LogP contribution in [0, 0.1) is 5.92 Å². The summed E-state index contributed by atoms with van der Waals surface area (Å²) < 4.78 is 0. The fourth-order valence-corrected chi connectivity index (χ4v) is 5.12. The van der Waals surface area contributed by atoms with E-state index in [0.29, 0.717) is 11.8 Å². The highest BCUT2D eigenvalue weighted by atomic mass is 35.5. The Morgan fingerprint density at radius 1 is 1.07 bits per heavy atom. The Morgan fingerprint density at radius 2 is 1.89 bits per heavy atom. The zero-order valence-electron chi connectivity index (χ0n) is 15.2. The number of fused-ring (bicyclic) bond motifs is 3. The van der Waals surface area contributed by atoms with Gasteiger partial charge >= 0.3 is 0 Å². The highest BCUT2D eigenvalue weighted by Gasteiger charge is 2.39. The van der Waals surface area contributed by atoms with Crippen LogP contribution in [0.4, 0.5) is 5.69 Å². The molecular formula is C23H23ClN2O. The molecule has 3 unspecified atom stereocenters. The molecule has 3 aliphatic rings. The summed E-state index contributed by atoms with van der Waals surface area (Å²) in [5.74, 6) is 0.922. The number of hydrogen-bond acceptors (Lipinski definition) is 2. The summed E-state index contributed by atoms with van der Waals surface area (Å²) >= 11 is 6.50. The molecule has 1 N–H and O–H groups in total. The van der Waals surface area contributed by atoms with Gasteiger partial charge in [0.25, 0.3) is 5.91 Å². The average molecular weight is 379 g/mol. The lowest BCUT2D eigenvalue weighted by atomic mass is 9.76. The number of nitrogens with zero attached hydrogens (tertiary/aromatic N) is 1. The van der Waals surface area contributed by atoms with Gasteiger partial charge in [0.05, 0.1) is 6.04 Å². The van der Waals surface area contributed by atoms with Crippen molar-refractivity contribution in [1.29, 1.82) is 0 Å². The monoisotopic (exact) mass is 378 g/mol. The van der Waals surface area contributed by atoms with E-state index in [4.69, 9.17) is 11.6 Å². The van der Waals surface area contributed by atoms with Crippen molar-refractivity contribution in [1.82, 2.24) is 4.90 Å². The number of carbonyl (C=O) groups excluding carboxylic acids is 1. The SMILES string of the molecule is O=C(c1ccc2c(c1)C1C=CCC1C(c1ccccc1Cl)N2)N1CCCC1. The molecule has 1 aliphatic carbocycles. The Morgan fingerprint density at radius 3 is 2.70 bits per heavy atom. The fraction of sp³-hybridized carbons (Fsp3) is 0.348. The van der Waals surface area contributed by atoms with Gasteiger partial charge in [0.1, 0.15) is 0 Å². The summed E-state index contributed by atoms with van der Waals surface area (Å²) in [4.78, 5) is 14.8. The third kappa shape index (κ3) is 2.85. The van der Waals surface area contributed by atoms with Crippen molar-refractivity contribution in [3.63, 3.8) is 0 Å². The Bertz CT molecular complexity index is 916. The molecule has 2 aromatic rings. The number of anilines is 1. The summed E-state index contributed by atoms with van der Waals surface area (Å²) in [5.41, 5.74) is 4.32. The highest BCUT2D eigenvalue weighted by Crippen LogP contribution is 2.50. The molecule has 138 valence electrons. The molecule has 2 aliphatic heterocycles. The smallest absolute Gasteiger partial charge is 0.253 e. The first-order chi connectivity index (χ1) is 13.2. The lowest BCUT2D eigenvalue weighted by Crippen LogP contribution is -2.31. The summed E-state index contributed by atoms with van der Waals surface area (Å²) in [6, 6.07) is 14.4. The first-order valence-electron chi connectivity index (χ1n) is 9.83. The van der Waals surface area contributed by atoms with Crippen LogP contribution >= 0.6 is 11.6 Å². The molecule has 0 saturated carbocycles. The zero-order chi connectivity index (χ0) is 18.4. The molecule has 5 rings (SSSR count). The number of likely N-dealkylation sites (tertiary alicyclic amines) is 1. The maximum Gasteiger partial charge on any atom is 0.253 e. The van der Waals surface area contributed by atoms with Gasteiger partial charge in [-0.2, -0.15) is 0 Å². The number of allylic oxidation sites excluding steroid dienone is 2. The van der Waals surface area contributed by atoms with Gasteiger partial charge in [-0.15, -0.1) is 0 Å². The second kappa shape index (κ2) is 6.72. The fourth-order valence-electron chi connectivity index (χ4n) is 4.87. The molecule has 3 atom stereocenters. The number of nitrogens with one attached hydrogen (secondary N) is 1. The molecule has 0 bridgehead atoms. The minimum atomic E-state index is 0.169. The number of carbonyl (C=O) groups is 1. The minimum Gasteiger partial charge on any atom is -0.378 e. The molecule has 27 heavy (non-hydrogen) atoms. The van der Waals surface area contributed by atoms with Crippen LogP contribution in [0.3, 0.4) is 0 Å². The van der Waals surface area contributed by atoms with Gasteiger partial charge in [-0.3, -0.25) is 4.79 Å². The molecular weight excluding hydrogens is 356 g/mol. The van der Waals surface area contributed by atoms with Crippen LogP contribution in [0.15, 0.2) is 54.6 Å². The minimum absolute atomic E-state index is 0.169. The maximum atomic E-state index is 12.8. The zero-order valence-corrected chi connectivity index (χ0v) is 16.0. The van der Waals surface area contributed by atoms with Gasteiger partial charge in [0.2, 0.25) is 0 Å². The molecule has 2 heterocycles. The van der Waals surface area contributed by atoms with Crippen molar-refractivity contribution < 1.29 is 4.79 Å². The predicted octanol–water partition coefficient (Wildman–Crippen LogP) is 5.40. The van der Waals surface area contributed by atoms with E-state index in [2.05, 4.69) is 35.7 Å².